The summed E-state index contributed by atoms with van der Waals surface area (Å²) in [5.41, 5.74) is 0. The van der Waals surface area contributed by atoms with Crippen LogP contribution in [0.4, 0.5) is 0 Å². The van der Waals surface area contributed by atoms with E-state index in [1.807, 2.05) is 7.11 Å². The van der Waals surface area contributed by atoms with Crippen LogP contribution < -0.4 is 5.32 Å². The lowest BCUT2D eigenvalue weighted by molar-refractivity contribution is 0.0776. The van der Waals surface area contributed by atoms with Gasteiger partial charge < -0.3 is 10.1 Å². The Hall–Kier alpha value is -0.120. The highest BCUT2D eigenvalue weighted by Gasteiger charge is 2.37. The smallest absolute Gasteiger partial charge is 0.0589 e. The molecule has 0 aromatic rings. The molecule has 0 aromatic heterocycles. The van der Waals surface area contributed by atoms with E-state index in [9.17, 15) is 0 Å². The van der Waals surface area contributed by atoms with Crippen LogP contribution in [0.25, 0.3) is 0 Å². The van der Waals surface area contributed by atoms with Gasteiger partial charge in [-0.3, -0.25) is 4.90 Å². The van der Waals surface area contributed by atoms with Crippen LogP contribution in [-0.2, 0) is 4.74 Å². The van der Waals surface area contributed by atoms with Crippen molar-refractivity contribution in [3.05, 3.63) is 0 Å². The summed E-state index contributed by atoms with van der Waals surface area (Å²) in [7, 11) is 1.81. The molecule has 100 valence electrons. The van der Waals surface area contributed by atoms with Crippen LogP contribution in [0.5, 0.6) is 0 Å². The van der Waals surface area contributed by atoms with Gasteiger partial charge in [0.25, 0.3) is 0 Å². The van der Waals surface area contributed by atoms with Crippen molar-refractivity contribution in [3.8, 4) is 0 Å². The Balaban J connectivity index is 1.93. The molecule has 0 spiro atoms. The number of nitrogens with one attached hydrogen (secondary N) is 1. The highest BCUT2D eigenvalue weighted by molar-refractivity contribution is 4.95. The summed E-state index contributed by atoms with van der Waals surface area (Å²) in [5, 5.41) is 3.69. The first-order valence-corrected chi connectivity index (χ1v) is 7.35. The van der Waals surface area contributed by atoms with Crippen LogP contribution in [0.1, 0.15) is 45.4 Å². The largest absolute Gasteiger partial charge is 0.383 e. The molecule has 2 aliphatic carbocycles. The van der Waals surface area contributed by atoms with Gasteiger partial charge in [0.15, 0.2) is 0 Å². The van der Waals surface area contributed by atoms with Crippen LogP contribution in [0.15, 0.2) is 0 Å². The van der Waals surface area contributed by atoms with E-state index < -0.39 is 0 Å². The van der Waals surface area contributed by atoms with E-state index in [1.165, 1.54) is 38.5 Å². The standard InChI is InChI=1S/C14H28N2O/c1-3-15-13-6-4-5-7-14(13)16(10-11-17-2)12-8-9-12/h12-15H,3-11H2,1-2H3. The summed E-state index contributed by atoms with van der Waals surface area (Å²) >= 11 is 0. The molecular formula is C14H28N2O. The van der Waals surface area contributed by atoms with Crippen molar-refractivity contribution < 1.29 is 4.74 Å². The van der Waals surface area contributed by atoms with Gasteiger partial charge in [-0.1, -0.05) is 19.8 Å². The van der Waals surface area contributed by atoms with Crippen LogP contribution >= 0.6 is 0 Å². The maximum atomic E-state index is 5.27. The number of nitrogens with zero attached hydrogens (tertiary/aromatic N) is 1. The summed E-state index contributed by atoms with van der Waals surface area (Å²) in [6, 6.07) is 2.33. The predicted octanol–water partition coefficient (Wildman–Crippen LogP) is 2.02. The zero-order chi connectivity index (χ0) is 12.1. The molecule has 2 saturated carbocycles. The van der Waals surface area contributed by atoms with E-state index >= 15 is 0 Å². The maximum absolute atomic E-state index is 5.27. The predicted molar refractivity (Wildman–Crippen MR) is 71.3 cm³/mol. The van der Waals surface area contributed by atoms with Crippen molar-refractivity contribution in [3.63, 3.8) is 0 Å². The number of hydrogen-bond acceptors (Lipinski definition) is 3. The van der Waals surface area contributed by atoms with Crippen molar-refractivity contribution in [2.75, 3.05) is 26.8 Å². The van der Waals surface area contributed by atoms with Gasteiger partial charge in [0.1, 0.15) is 0 Å². The van der Waals surface area contributed by atoms with Crippen molar-refractivity contribution in [2.45, 2.75) is 63.6 Å². The van der Waals surface area contributed by atoms with Crippen LogP contribution in [0, 0.1) is 0 Å². The summed E-state index contributed by atoms with van der Waals surface area (Å²) in [6.07, 6.45) is 8.34. The van der Waals surface area contributed by atoms with E-state index in [2.05, 4.69) is 17.1 Å². The van der Waals surface area contributed by atoms with E-state index in [-0.39, 0.29) is 0 Å². The minimum atomic E-state index is 0.714. The quantitative estimate of drug-likeness (QED) is 0.737. The highest BCUT2D eigenvalue weighted by Crippen LogP contribution is 2.33. The molecule has 2 aliphatic rings. The molecule has 0 aliphatic heterocycles. The molecule has 0 saturated heterocycles. The van der Waals surface area contributed by atoms with Gasteiger partial charge in [-0.2, -0.15) is 0 Å². The van der Waals surface area contributed by atoms with E-state index in [0.717, 1.165) is 31.8 Å². The van der Waals surface area contributed by atoms with Gasteiger partial charge in [0.05, 0.1) is 6.61 Å². The Kier molecular flexibility index (Phi) is 5.26. The first-order valence-electron chi connectivity index (χ1n) is 7.35. The second-order valence-electron chi connectivity index (χ2n) is 5.48. The van der Waals surface area contributed by atoms with Crippen molar-refractivity contribution in [2.24, 2.45) is 0 Å². The van der Waals surface area contributed by atoms with E-state index in [1.54, 1.807) is 0 Å². The molecule has 2 fully saturated rings. The van der Waals surface area contributed by atoms with Gasteiger partial charge in [0.2, 0.25) is 0 Å². The van der Waals surface area contributed by atoms with Crippen molar-refractivity contribution in [1.82, 2.24) is 10.2 Å². The fourth-order valence-corrected chi connectivity index (χ4v) is 3.23. The van der Waals surface area contributed by atoms with E-state index in [0.29, 0.717) is 6.04 Å². The number of hydrogen-bond donors (Lipinski definition) is 1. The molecular weight excluding hydrogens is 212 g/mol. The third-order valence-corrected chi connectivity index (χ3v) is 4.19. The van der Waals surface area contributed by atoms with Gasteiger partial charge in [-0.25, -0.2) is 0 Å². The average molecular weight is 240 g/mol. The fraction of sp³-hybridized carbons (Fsp3) is 1.00. The molecule has 17 heavy (non-hydrogen) atoms. The molecule has 0 radical (unpaired) electrons. The number of rotatable bonds is 7. The third-order valence-electron chi connectivity index (χ3n) is 4.19. The lowest BCUT2D eigenvalue weighted by Crippen LogP contribution is -2.53. The Morgan fingerprint density at radius 3 is 2.59 bits per heavy atom. The molecule has 0 aromatic carbocycles. The summed E-state index contributed by atoms with van der Waals surface area (Å²) in [6.45, 7) is 5.33. The Labute approximate surface area is 106 Å². The van der Waals surface area contributed by atoms with Gasteiger partial charge >= 0.3 is 0 Å². The molecule has 2 atom stereocenters. The minimum absolute atomic E-state index is 0.714. The summed E-state index contributed by atoms with van der Waals surface area (Å²) in [4.78, 5) is 2.73. The molecule has 2 rings (SSSR count). The zero-order valence-electron chi connectivity index (χ0n) is 11.5. The minimum Gasteiger partial charge on any atom is -0.383 e. The van der Waals surface area contributed by atoms with Gasteiger partial charge in [-0.05, 0) is 32.2 Å². The molecule has 3 heteroatoms. The molecule has 0 heterocycles. The Bertz CT molecular complexity index is 216. The van der Waals surface area contributed by atoms with Crippen LogP contribution in [0.2, 0.25) is 0 Å². The lowest BCUT2D eigenvalue weighted by atomic mass is 9.89. The van der Waals surface area contributed by atoms with Crippen LogP contribution in [-0.4, -0.2) is 49.8 Å². The highest BCUT2D eigenvalue weighted by atomic mass is 16.5. The second-order valence-corrected chi connectivity index (χ2v) is 5.48. The van der Waals surface area contributed by atoms with Crippen LogP contribution in [0.3, 0.4) is 0 Å². The summed E-state index contributed by atoms with van der Waals surface area (Å²) in [5.74, 6) is 0. The Morgan fingerprint density at radius 1 is 1.18 bits per heavy atom. The average Bonchev–Trinajstić information content (AvgIpc) is 3.16. The molecule has 1 N–H and O–H groups in total. The van der Waals surface area contributed by atoms with Crippen molar-refractivity contribution >= 4 is 0 Å². The zero-order valence-corrected chi connectivity index (χ0v) is 11.5. The normalized spacial score (nSPS) is 29.8. The van der Waals surface area contributed by atoms with E-state index in [4.69, 9.17) is 4.74 Å². The van der Waals surface area contributed by atoms with Gasteiger partial charge in [0, 0.05) is 31.8 Å². The first-order chi connectivity index (χ1) is 8.36. The first kappa shape index (κ1) is 13.3. The maximum Gasteiger partial charge on any atom is 0.0589 e. The number of ether oxygens (including phenoxy) is 1. The Morgan fingerprint density at radius 2 is 1.94 bits per heavy atom. The fourth-order valence-electron chi connectivity index (χ4n) is 3.23. The number of methoxy groups -OCH3 is 1. The second kappa shape index (κ2) is 6.72. The molecule has 0 bridgehead atoms. The molecule has 2 unspecified atom stereocenters. The lowest BCUT2D eigenvalue weighted by Gasteiger charge is -2.40. The molecule has 0 amide bonds. The van der Waals surface area contributed by atoms with Gasteiger partial charge in [-0.15, -0.1) is 0 Å². The van der Waals surface area contributed by atoms with Crippen molar-refractivity contribution in [1.29, 1.82) is 0 Å². The SMILES string of the molecule is CCNC1CCCCC1N(CCOC)C1CC1. The molecule has 3 nitrogen and oxygen atoms in total. The monoisotopic (exact) mass is 240 g/mol. The number of likely N-dealkylation sites (N-methyl/N-ethyl adjacent to an activating group) is 1. The third kappa shape index (κ3) is 3.67. The summed E-state index contributed by atoms with van der Waals surface area (Å²) < 4.78 is 5.27. The topological polar surface area (TPSA) is 24.5 Å².